The fourth-order valence-electron chi connectivity index (χ4n) is 3.00. The van der Waals surface area contributed by atoms with Gasteiger partial charge in [0.2, 0.25) is 11.8 Å². The standard InChI is InChI=1S/C21H20N2O5S/c1-11-7-6-9-13(12(11)2)22-19(25)16(17(24)21(27)28-3)18-20(26)23-14-8-4-5-10-15(14)29-18/h4-10,16,18H,1-3H3,(H,22,25)(H,23,26)/t16-,18-/m1/s1. The van der Waals surface area contributed by atoms with Crippen molar-refractivity contribution in [2.45, 2.75) is 24.0 Å². The fraction of sp³-hybridized carbons (Fsp3) is 0.238. The maximum atomic E-state index is 13.1. The molecule has 1 heterocycles. The van der Waals surface area contributed by atoms with Gasteiger partial charge in [-0.15, -0.1) is 11.8 Å². The van der Waals surface area contributed by atoms with E-state index in [2.05, 4.69) is 15.4 Å². The molecule has 2 atom stereocenters. The molecular weight excluding hydrogens is 392 g/mol. The highest BCUT2D eigenvalue weighted by atomic mass is 32.2. The first-order valence-corrected chi connectivity index (χ1v) is 9.77. The quantitative estimate of drug-likeness (QED) is 0.445. The SMILES string of the molecule is COC(=O)C(=O)[C@@H](C(=O)Nc1cccc(C)c1C)[C@H]1Sc2ccccc2NC1=O. The van der Waals surface area contributed by atoms with Crippen LogP contribution in [-0.2, 0) is 23.9 Å². The minimum absolute atomic E-state index is 0.513. The van der Waals surface area contributed by atoms with Gasteiger partial charge in [0.1, 0.15) is 11.2 Å². The van der Waals surface area contributed by atoms with Gasteiger partial charge in [-0.05, 0) is 43.2 Å². The number of anilines is 2. The smallest absolute Gasteiger partial charge is 0.375 e. The first-order chi connectivity index (χ1) is 13.8. The molecule has 0 aromatic heterocycles. The molecule has 2 N–H and O–H groups in total. The van der Waals surface area contributed by atoms with Crippen LogP contribution >= 0.6 is 11.8 Å². The Bertz CT molecular complexity index is 1000. The Morgan fingerprint density at radius 1 is 1.10 bits per heavy atom. The van der Waals surface area contributed by atoms with Gasteiger partial charge < -0.3 is 15.4 Å². The van der Waals surface area contributed by atoms with Crippen molar-refractivity contribution in [2.24, 2.45) is 5.92 Å². The number of carbonyl (C=O) groups excluding carboxylic acids is 4. The van der Waals surface area contributed by atoms with E-state index in [1.54, 1.807) is 36.4 Å². The van der Waals surface area contributed by atoms with E-state index in [4.69, 9.17) is 0 Å². The molecule has 0 saturated heterocycles. The number of fused-ring (bicyclic) bond motifs is 1. The minimum atomic E-state index is -1.54. The molecule has 0 spiro atoms. The summed E-state index contributed by atoms with van der Waals surface area (Å²) in [5.74, 6) is -5.03. The number of hydrogen-bond donors (Lipinski definition) is 2. The third-order valence-corrected chi connectivity index (χ3v) is 6.12. The van der Waals surface area contributed by atoms with Crippen LogP contribution in [0, 0.1) is 19.8 Å². The lowest BCUT2D eigenvalue weighted by molar-refractivity contribution is -0.155. The van der Waals surface area contributed by atoms with Gasteiger partial charge in [-0.25, -0.2) is 4.79 Å². The van der Waals surface area contributed by atoms with Crippen molar-refractivity contribution in [3.63, 3.8) is 0 Å². The Labute approximate surface area is 172 Å². The van der Waals surface area contributed by atoms with Crippen LogP contribution in [0.3, 0.4) is 0 Å². The second-order valence-electron chi connectivity index (χ2n) is 6.59. The molecule has 2 amide bonds. The molecule has 3 rings (SSSR count). The number of para-hydroxylation sites is 1. The number of esters is 1. The zero-order chi connectivity index (χ0) is 21.1. The number of amides is 2. The Morgan fingerprint density at radius 3 is 2.55 bits per heavy atom. The first kappa shape index (κ1) is 20.6. The van der Waals surface area contributed by atoms with E-state index < -0.39 is 34.7 Å². The number of rotatable bonds is 5. The predicted octanol–water partition coefficient (Wildman–Crippen LogP) is 2.71. The van der Waals surface area contributed by atoms with Crippen LogP contribution < -0.4 is 10.6 Å². The number of carbonyl (C=O) groups is 4. The number of aryl methyl sites for hydroxylation is 1. The van der Waals surface area contributed by atoms with Crippen molar-refractivity contribution < 1.29 is 23.9 Å². The molecule has 29 heavy (non-hydrogen) atoms. The Balaban J connectivity index is 1.96. The summed E-state index contributed by atoms with van der Waals surface area (Å²) in [6.07, 6.45) is 0. The van der Waals surface area contributed by atoms with Gasteiger partial charge in [0.15, 0.2) is 0 Å². The van der Waals surface area contributed by atoms with Gasteiger partial charge in [-0.3, -0.25) is 14.4 Å². The van der Waals surface area contributed by atoms with Gasteiger partial charge in [-0.2, -0.15) is 0 Å². The average Bonchev–Trinajstić information content (AvgIpc) is 2.71. The number of ketones is 1. The third kappa shape index (κ3) is 4.17. The lowest BCUT2D eigenvalue weighted by atomic mass is 9.96. The van der Waals surface area contributed by atoms with E-state index in [1.165, 1.54) is 0 Å². The lowest BCUT2D eigenvalue weighted by Crippen LogP contribution is -2.47. The van der Waals surface area contributed by atoms with Crippen LogP contribution in [0.4, 0.5) is 11.4 Å². The van der Waals surface area contributed by atoms with Crippen molar-refractivity contribution in [1.29, 1.82) is 0 Å². The summed E-state index contributed by atoms with van der Waals surface area (Å²) in [5, 5.41) is 4.28. The maximum absolute atomic E-state index is 13.1. The molecular formula is C21H20N2O5S. The van der Waals surface area contributed by atoms with Crippen molar-refractivity contribution in [3.05, 3.63) is 53.6 Å². The van der Waals surface area contributed by atoms with E-state index >= 15 is 0 Å². The van der Waals surface area contributed by atoms with Gasteiger partial charge in [0, 0.05) is 10.6 Å². The summed E-state index contributed by atoms with van der Waals surface area (Å²) in [6, 6.07) is 12.4. The molecule has 2 aromatic rings. The Hall–Kier alpha value is -3.13. The van der Waals surface area contributed by atoms with Crippen LogP contribution in [-0.4, -0.2) is 35.9 Å². The molecule has 0 bridgehead atoms. The fourth-order valence-corrected chi connectivity index (χ4v) is 4.23. The summed E-state index contributed by atoms with van der Waals surface area (Å²) in [6.45, 7) is 3.73. The van der Waals surface area contributed by atoms with Crippen LogP contribution in [0.25, 0.3) is 0 Å². The number of nitrogens with one attached hydrogen (secondary N) is 2. The monoisotopic (exact) mass is 412 g/mol. The summed E-state index contributed by atoms with van der Waals surface area (Å²) in [7, 11) is 1.06. The van der Waals surface area contributed by atoms with Crippen LogP contribution in [0.15, 0.2) is 47.4 Å². The van der Waals surface area contributed by atoms with E-state index in [-0.39, 0.29) is 0 Å². The summed E-state index contributed by atoms with van der Waals surface area (Å²) >= 11 is 1.07. The van der Waals surface area contributed by atoms with Crippen LogP contribution in [0.1, 0.15) is 11.1 Å². The van der Waals surface area contributed by atoms with E-state index in [0.717, 1.165) is 30.0 Å². The van der Waals surface area contributed by atoms with Gasteiger partial charge in [-0.1, -0.05) is 24.3 Å². The molecule has 1 aliphatic rings. The van der Waals surface area contributed by atoms with Crippen LogP contribution in [0.5, 0.6) is 0 Å². The highest BCUT2D eigenvalue weighted by Crippen LogP contribution is 2.39. The summed E-state index contributed by atoms with van der Waals surface area (Å²) in [4.78, 5) is 51.1. The predicted molar refractivity (Wildman–Crippen MR) is 110 cm³/mol. The lowest BCUT2D eigenvalue weighted by Gasteiger charge is -2.28. The summed E-state index contributed by atoms with van der Waals surface area (Å²) < 4.78 is 4.52. The second-order valence-corrected chi connectivity index (χ2v) is 7.78. The van der Waals surface area contributed by atoms with Crippen molar-refractivity contribution in [2.75, 3.05) is 17.7 Å². The molecule has 1 aliphatic heterocycles. The Kier molecular flexibility index (Phi) is 6.03. The topological polar surface area (TPSA) is 102 Å². The normalized spacial score (nSPS) is 16.2. The number of hydrogen-bond acceptors (Lipinski definition) is 6. The van der Waals surface area contributed by atoms with E-state index in [0.29, 0.717) is 16.3 Å². The average molecular weight is 412 g/mol. The first-order valence-electron chi connectivity index (χ1n) is 8.89. The molecule has 0 radical (unpaired) electrons. The number of Topliss-reactive ketones (excluding diaryl/α,β-unsaturated/α-hetero) is 1. The number of methoxy groups -OCH3 is 1. The summed E-state index contributed by atoms with van der Waals surface area (Å²) in [5.41, 5.74) is 2.89. The zero-order valence-corrected chi connectivity index (χ0v) is 17.0. The molecule has 0 unspecified atom stereocenters. The van der Waals surface area contributed by atoms with Crippen molar-refractivity contribution in [1.82, 2.24) is 0 Å². The molecule has 8 heteroatoms. The molecule has 0 aliphatic carbocycles. The Morgan fingerprint density at radius 2 is 1.83 bits per heavy atom. The van der Waals surface area contributed by atoms with Gasteiger partial charge in [0.25, 0.3) is 5.78 Å². The minimum Gasteiger partial charge on any atom is -0.463 e. The molecule has 0 fully saturated rings. The largest absolute Gasteiger partial charge is 0.463 e. The number of benzene rings is 2. The number of thioether (sulfide) groups is 1. The molecule has 2 aromatic carbocycles. The number of ether oxygens (including phenoxy) is 1. The highest BCUT2D eigenvalue weighted by Gasteiger charge is 2.45. The van der Waals surface area contributed by atoms with Crippen molar-refractivity contribution >= 4 is 46.7 Å². The van der Waals surface area contributed by atoms with Gasteiger partial charge in [0.05, 0.1) is 12.8 Å². The molecule has 7 nitrogen and oxygen atoms in total. The second kappa shape index (κ2) is 8.48. The molecule has 0 saturated carbocycles. The highest BCUT2D eigenvalue weighted by molar-refractivity contribution is 8.01. The molecule has 150 valence electrons. The van der Waals surface area contributed by atoms with Gasteiger partial charge >= 0.3 is 5.97 Å². The maximum Gasteiger partial charge on any atom is 0.375 e. The van der Waals surface area contributed by atoms with Crippen LogP contribution in [0.2, 0.25) is 0 Å². The van der Waals surface area contributed by atoms with E-state index in [9.17, 15) is 19.2 Å². The van der Waals surface area contributed by atoms with E-state index in [1.807, 2.05) is 19.9 Å². The van der Waals surface area contributed by atoms with Crippen molar-refractivity contribution in [3.8, 4) is 0 Å². The third-order valence-electron chi connectivity index (χ3n) is 4.77. The zero-order valence-electron chi connectivity index (χ0n) is 16.1.